The van der Waals surface area contributed by atoms with E-state index in [0.29, 0.717) is 0 Å². The highest BCUT2D eigenvalue weighted by Crippen LogP contribution is 2.33. The average Bonchev–Trinajstić information content (AvgIpc) is 2.69. The standard InChI is InChI=1S/C20H18ClF3N6O2/c1-19(2,3)28-18(31)27-16-17(32-13-7-8-14(21)25-10-13)26-15(29-30-16)11-5-4-6-12(9-11)20(22,23)24/h4-10H,1-3H3,(H2,27,28,30,31). The molecule has 0 aliphatic heterocycles. The van der Waals surface area contributed by atoms with Crippen LogP contribution in [0.2, 0.25) is 5.15 Å². The Morgan fingerprint density at radius 1 is 1.09 bits per heavy atom. The summed E-state index contributed by atoms with van der Waals surface area (Å²) in [4.78, 5) is 20.3. The summed E-state index contributed by atoms with van der Waals surface area (Å²) in [6, 6.07) is 6.83. The Balaban J connectivity index is 1.99. The third-order valence-electron chi connectivity index (χ3n) is 3.74. The number of alkyl halides is 3. The van der Waals surface area contributed by atoms with E-state index in [9.17, 15) is 18.0 Å². The lowest BCUT2D eigenvalue weighted by Crippen LogP contribution is -2.43. The van der Waals surface area contributed by atoms with Gasteiger partial charge in [-0.3, -0.25) is 5.32 Å². The maximum absolute atomic E-state index is 13.1. The smallest absolute Gasteiger partial charge is 0.416 e. The van der Waals surface area contributed by atoms with Crippen LogP contribution in [0, 0.1) is 0 Å². The van der Waals surface area contributed by atoms with Crippen LogP contribution < -0.4 is 15.4 Å². The normalized spacial score (nSPS) is 11.7. The van der Waals surface area contributed by atoms with Crippen LogP contribution in [0.4, 0.5) is 23.8 Å². The van der Waals surface area contributed by atoms with Crippen LogP contribution in [0.3, 0.4) is 0 Å². The predicted molar refractivity (Wildman–Crippen MR) is 111 cm³/mol. The van der Waals surface area contributed by atoms with Crippen LogP contribution in [0.25, 0.3) is 11.4 Å². The quantitative estimate of drug-likeness (QED) is 0.505. The first-order valence-corrected chi connectivity index (χ1v) is 9.59. The molecule has 2 heterocycles. The Hall–Kier alpha value is -3.47. The van der Waals surface area contributed by atoms with Crippen molar-refractivity contribution in [2.75, 3.05) is 5.32 Å². The number of anilines is 1. The van der Waals surface area contributed by atoms with E-state index in [0.717, 1.165) is 12.1 Å². The molecular formula is C20H18ClF3N6O2. The van der Waals surface area contributed by atoms with Gasteiger partial charge in [-0.05, 0) is 45.0 Å². The molecule has 2 amide bonds. The Morgan fingerprint density at radius 3 is 2.47 bits per heavy atom. The molecule has 0 saturated carbocycles. The molecule has 0 spiro atoms. The topological polar surface area (TPSA) is 102 Å². The first-order chi connectivity index (χ1) is 14.9. The summed E-state index contributed by atoms with van der Waals surface area (Å²) < 4.78 is 44.9. The first kappa shape index (κ1) is 23.2. The lowest BCUT2D eigenvalue weighted by Gasteiger charge is -2.20. The molecule has 0 bridgehead atoms. The zero-order valence-corrected chi connectivity index (χ0v) is 17.9. The van der Waals surface area contributed by atoms with Crippen LogP contribution in [-0.2, 0) is 6.18 Å². The Morgan fingerprint density at radius 2 is 1.84 bits per heavy atom. The highest BCUT2D eigenvalue weighted by molar-refractivity contribution is 6.29. The first-order valence-electron chi connectivity index (χ1n) is 9.22. The van der Waals surface area contributed by atoms with Gasteiger partial charge >= 0.3 is 12.2 Å². The molecule has 0 radical (unpaired) electrons. The number of nitrogens with zero attached hydrogens (tertiary/aromatic N) is 4. The number of nitrogens with one attached hydrogen (secondary N) is 2. The van der Waals surface area contributed by atoms with Crippen molar-refractivity contribution >= 4 is 23.4 Å². The number of halogens is 4. The van der Waals surface area contributed by atoms with Crippen LogP contribution in [0.1, 0.15) is 26.3 Å². The largest absolute Gasteiger partial charge is 0.434 e. The second-order valence-electron chi connectivity index (χ2n) is 7.62. The van der Waals surface area contributed by atoms with E-state index in [-0.39, 0.29) is 34.0 Å². The van der Waals surface area contributed by atoms with E-state index >= 15 is 0 Å². The van der Waals surface area contributed by atoms with E-state index in [1.807, 2.05) is 0 Å². The maximum Gasteiger partial charge on any atom is 0.416 e. The predicted octanol–water partition coefficient (Wildman–Crippen LogP) is 5.32. The van der Waals surface area contributed by atoms with Crippen LogP contribution in [-0.4, -0.2) is 31.7 Å². The minimum atomic E-state index is -4.54. The monoisotopic (exact) mass is 466 g/mol. The molecule has 0 saturated heterocycles. The summed E-state index contributed by atoms with van der Waals surface area (Å²) in [6.07, 6.45) is -3.22. The van der Waals surface area contributed by atoms with Crippen LogP contribution >= 0.6 is 11.6 Å². The summed E-state index contributed by atoms with van der Waals surface area (Å²) in [5, 5.41) is 13.1. The van der Waals surface area contributed by atoms with E-state index in [1.54, 1.807) is 20.8 Å². The second kappa shape index (κ2) is 8.95. The van der Waals surface area contributed by atoms with Gasteiger partial charge in [0.1, 0.15) is 10.9 Å². The number of rotatable bonds is 4. The molecule has 0 atom stereocenters. The van der Waals surface area contributed by atoms with Crippen molar-refractivity contribution in [3.8, 4) is 23.0 Å². The van der Waals surface area contributed by atoms with Crippen molar-refractivity contribution in [3.63, 3.8) is 0 Å². The minimum absolute atomic E-state index is 0.0668. The zero-order chi connectivity index (χ0) is 23.5. The van der Waals surface area contributed by atoms with Crippen molar-refractivity contribution in [1.82, 2.24) is 25.5 Å². The van der Waals surface area contributed by atoms with E-state index in [4.69, 9.17) is 16.3 Å². The Bertz CT molecular complexity index is 1120. The van der Waals surface area contributed by atoms with Gasteiger partial charge in [0, 0.05) is 11.1 Å². The van der Waals surface area contributed by atoms with Gasteiger partial charge in [-0.1, -0.05) is 23.7 Å². The third kappa shape index (κ3) is 6.27. The number of pyridine rings is 1. The Labute approximate surface area is 186 Å². The van der Waals surface area contributed by atoms with Gasteiger partial charge in [0.15, 0.2) is 5.82 Å². The van der Waals surface area contributed by atoms with Crippen molar-refractivity contribution in [3.05, 3.63) is 53.3 Å². The number of ether oxygens (including phenoxy) is 1. The molecule has 168 valence electrons. The summed E-state index contributed by atoms with van der Waals surface area (Å²) in [5.41, 5.74) is -1.34. The number of urea groups is 1. The zero-order valence-electron chi connectivity index (χ0n) is 17.2. The van der Waals surface area contributed by atoms with Crippen molar-refractivity contribution < 1.29 is 22.7 Å². The summed E-state index contributed by atoms with van der Waals surface area (Å²) in [6.45, 7) is 5.35. The Kier molecular flexibility index (Phi) is 6.49. The van der Waals surface area contributed by atoms with Gasteiger partial charge in [-0.15, -0.1) is 10.2 Å². The van der Waals surface area contributed by atoms with Gasteiger partial charge in [-0.2, -0.15) is 18.2 Å². The van der Waals surface area contributed by atoms with E-state index < -0.39 is 23.3 Å². The molecule has 3 rings (SSSR count). The molecule has 32 heavy (non-hydrogen) atoms. The minimum Gasteiger partial charge on any atom is -0.434 e. The van der Waals surface area contributed by atoms with Gasteiger partial charge < -0.3 is 10.1 Å². The van der Waals surface area contributed by atoms with Crippen LogP contribution in [0.5, 0.6) is 11.6 Å². The molecule has 3 aromatic rings. The summed E-state index contributed by atoms with van der Waals surface area (Å²) in [7, 11) is 0. The molecular weight excluding hydrogens is 449 g/mol. The SMILES string of the molecule is CC(C)(C)NC(=O)Nc1nnc(-c2cccc(C(F)(F)F)c2)nc1Oc1ccc(Cl)nc1. The molecule has 8 nitrogen and oxygen atoms in total. The summed E-state index contributed by atoms with van der Waals surface area (Å²) in [5.74, 6) is -0.253. The molecule has 0 aliphatic rings. The molecule has 2 aromatic heterocycles. The van der Waals surface area contributed by atoms with Crippen molar-refractivity contribution in [2.24, 2.45) is 0 Å². The molecule has 2 N–H and O–H groups in total. The lowest BCUT2D eigenvalue weighted by atomic mass is 10.1. The summed E-state index contributed by atoms with van der Waals surface area (Å²) >= 11 is 5.77. The molecule has 0 aliphatic carbocycles. The highest BCUT2D eigenvalue weighted by Gasteiger charge is 2.31. The maximum atomic E-state index is 13.1. The number of aromatic nitrogens is 4. The average molecular weight is 467 g/mol. The number of amides is 2. The number of hydrogen-bond acceptors (Lipinski definition) is 6. The number of carbonyl (C=O) groups excluding carboxylic acids is 1. The second-order valence-corrected chi connectivity index (χ2v) is 8.00. The van der Waals surface area contributed by atoms with Gasteiger partial charge in [0.2, 0.25) is 5.82 Å². The third-order valence-corrected chi connectivity index (χ3v) is 3.96. The van der Waals surface area contributed by atoms with Gasteiger partial charge in [0.25, 0.3) is 5.88 Å². The highest BCUT2D eigenvalue weighted by atomic mass is 35.5. The van der Waals surface area contributed by atoms with Crippen molar-refractivity contribution in [2.45, 2.75) is 32.5 Å². The number of benzene rings is 1. The fourth-order valence-electron chi connectivity index (χ4n) is 2.43. The fourth-order valence-corrected chi connectivity index (χ4v) is 2.54. The van der Waals surface area contributed by atoms with E-state index in [1.165, 1.54) is 30.5 Å². The molecule has 12 heteroatoms. The van der Waals surface area contributed by atoms with Gasteiger partial charge in [-0.25, -0.2) is 9.78 Å². The molecule has 0 unspecified atom stereocenters. The number of hydrogen-bond donors (Lipinski definition) is 2. The van der Waals surface area contributed by atoms with Crippen LogP contribution in [0.15, 0.2) is 42.6 Å². The molecule has 0 fully saturated rings. The fraction of sp³-hybridized carbons (Fsp3) is 0.250. The lowest BCUT2D eigenvalue weighted by molar-refractivity contribution is -0.137. The molecule has 1 aromatic carbocycles. The van der Waals surface area contributed by atoms with E-state index in [2.05, 4.69) is 30.8 Å². The van der Waals surface area contributed by atoms with Crippen molar-refractivity contribution in [1.29, 1.82) is 0 Å². The number of carbonyl (C=O) groups is 1. The van der Waals surface area contributed by atoms with Gasteiger partial charge in [0.05, 0.1) is 11.8 Å².